The molecule has 26 heavy (non-hydrogen) atoms. The molecule has 1 N–H and O–H groups in total. The molecular weight excluding hydrogens is 370 g/mol. The Labute approximate surface area is 159 Å². The van der Waals surface area contributed by atoms with Crippen molar-refractivity contribution < 1.29 is 19.1 Å². The fourth-order valence-corrected chi connectivity index (χ4v) is 4.10. The number of thiophene rings is 2. The van der Waals surface area contributed by atoms with Crippen molar-refractivity contribution in [3.05, 3.63) is 68.0 Å². The molecule has 0 unspecified atom stereocenters. The third-order valence-corrected chi connectivity index (χ3v) is 5.66. The van der Waals surface area contributed by atoms with Crippen LogP contribution in [-0.4, -0.2) is 25.9 Å². The van der Waals surface area contributed by atoms with E-state index in [2.05, 4.69) is 5.32 Å². The quantitative estimate of drug-likeness (QED) is 0.623. The van der Waals surface area contributed by atoms with Gasteiger partial charge in [-0.25, -0.2) is 0 Å². The first-order chi connectivity index (χ1) is 12.6. The van der Waals surface area contributed by atoms with Crippen LogP contribution in [0.3, 0.4) is 0 Å². The second-order valence-corrected chi connectivity index (χ2v) is 7.41. The molecular formula is C19H17NO4S2. The summed E-state index contributed by atoms with van der Waals surface area (Å²) >= 11 is 2.79. The molecule has 0 aliphatic rings. The van der Waals surface area contributed by atoms with E-state index in [-0.39, 0.29) is 11.7 Å². The molecule has 3 rings (SSSR count). The number of ketones is 1. The molecule has 134 valence electrons. The lowest BCUT2D eigenvalue weighted by atomic mass is 10.1. The second kappa shape index (κ2) is 8.16. The first kappa shape index (κ1) is 18.2. The summed E-state index contributed by atoms with van der Waals surface area (Å²) in [6.45, 7) is 0.322. The Bertz CT molecular complexity index is 893. The van der Waals surface area contributed by atoms with Crippen LogP contribution in [0.1, 0.15) is 29.8 Å². The van der Waals surface area contributed by atoms with Gasteiger partial charge in [-0.15, -0.1) is 22.7 Å². The van der Waals surface area contributed by atoms with E-state index in [1.54, 1.807) is 24.3 Å². The highest BCUT2D eigenvalue weighted by atomic mass is 32.1. The Morgan fingerprint density at radius 2 is 1.69 bits per heavy atom. The number of benzene rings is 1. The molecule has 1 aromatic carbocycles. The van der Waals surface area contributed by atoms with Crippen LogP contribution in [0, 0.1) is 0 Å². The van der Waals surface area contributed by atoms with E-state index in [0.717, 1.165) is 4.88 Å². The van der Waals surface area contributed by atoms with E-state index >= 15 is 0 Å². The van der Waals surface area contributed by atoms with E-state index in [1.807, 2.05) is 23.6 Å². The van der Waals surface area contributed by atoms with Crippen LogP contribution in [0.15, 0.2) is 47.8 Å². The number of ether oxygens (including phenoxy) is 2. The van der Waals surface area contributed by atoms with Crippen molar-refractivity contribution in [2.24, 2.45) is 0 Å². The smallest absolute Gasteiger partial charge is 0.259 e. The normalized spacial score (nSPS) is 10.4. The lowest BCUT2D eigenvalue weighted by Gasteiger charge is -2.12. The fourth-order valence-electron chi connectivity index (χ4n) is 2.45. The summed E-state index contributed by atoms with van der Waals surface area (Å²) in [4.78, 5) is 27.2. The molecule has 0 fully saturated rings. The van der Waals surface area contributed by atoms with Crippen LogP contribution in [0.2, 0.25) is 0 Å². The van der Waals surface area contributed by atoms with E-state index in [4.69, 9.17) is 9.47 Å². The average molecular weight is 387 g/mol. The van der Waals surface area contributed by atoms with Gasteiger partial charge in [-0.1, -0.05) is 12.1 Å². The van der Waals surface area contributed by atoms with E-state index in [9.17, 15) is 9.59 Å². The van der Waals surface area contributed by atoms with Gasteiger partial charge in [0.25, 0.3) is 5.91 Å². The number of amides is 1. The highest BCUT2D eigenvalue weighted by Crippen LogP contribution is 2.28. The molecule has 0 saturated heterocycles. The standard InChI is InChI=1S/C19H17NO4S2/c1-23-13-5-3-6-14(24-2)17(13)19(22)20-11-12-8-9-16(26-12)18(21)15-7-4-10-25-15/h3-10H,11H2,1-2H3,(H,20,22). The number of carbonyl (C=O) groups is 2. The minimum atomic E-state index is -0.293. The van der Waals surface area contributed by atoms with Gasteiger partial charge in [0.15, 0.2) is 0 Å². The molecule has 3 aromatic rings. The van der Waals surface area contributed by atoms with Crippen molar-refractivity contribution in [2.45, 2.75) is 6.54 Å². The minimum Gasteiger partial charge on any atom is -0.496 e. The molecule has 0 radical (unpaired) electrons. The first-order valence-electron chi connectivity index (χ1n) is 7.80. The number of nitrogens with one attached hydrogen (secondary N) is 1. The third kappa shape index (κ3) is 3.79. The SMILES string of the molecule is COc1cccc(OC)c1C(=O)NCc1ccc(C(=O)c2cccs2)s1. The zero-order chi connectivity index (χ0) is 18.5. The van der Waals surface area contributed by atoms with E-state index in [1.165, 1.54) is 36.9 Å². The first-order valence-corrected chi connectivity index (χ1v) is 9.49. The van der Waals surface area contributed by atoms with Gasteiger partial charge < -0.3 is 14.8 Å². The number of hydrogen-bond acceptors (Lipinski definition) is 6. The fraction of sp³-hybridized carbons (Fsp3) is 0.158. The number of rotatable bonds is 7. The van der Waals surface area contributed by atoms with Gasteiger partial charge in [0.05, 0.1) is 30.5 Å². The predicted octanol–water partition coefficient (Wildman–Crippen LogP) is 3.99. The zero-order valence-corrected chi connectivity index (χ0v) is 15.9. The largest absolute Gasteiger partial charge is 0.496 e. The maximum atomic E-state index is 12.6. The Kier molecular flexibility index (Phi) is 5.70. The van der Waals surface area contributed by atoms with Crippen molar-refractivity contribution >= 4 is 34.4 Å². The monoisotopic (exact) mass is 387 g/mol. The van der Waals surface area contributed by atoms with Crippen molar-refractivity contribution in [1.29, 1.82) is 0 Å². The highest BCUT2D eigenvalue weighted by molar-refractivity contribution is 7.16. The van der Waals surface area contributed by atoms with Gasteiger partial charge in [0.1, 0.15) is 17.1 Å². The molecule has 0 spiro atoms. The minimum absolute atomic E-state index is 0.00831. The van der Waals surface area contributed by atoms with Crippen LogP contribution < -0.4 is 14.8 Å². The van der Waals surface area contributed by atoms with Crippen LogP contribution >= 0.6 is 22.7 Å². The molecule has 2 aromatic heterocycles. The summed E-state index contributed by atoms with van der Waals surface area (Å²) in [6, 6.07) is 12.5. The van der Waals surface area contributed by atoms with Gasteiger partial charge >= 0.3 is 0 Å². The molecule has 0 aliphatic heterocycles. The summed E-state index contributed by atoms with van der Waals surface area (Å²) < 4.78 is 10.5. The van der Waals surface area contributed by atoms with Crippen molar-refractivity contribution in [3.63, 3.8) is 0 Å². The molecule has 7 heteroatoms. The number of carbonyl (C=O) groups excluding carboxylic acids is 2. The zero-order valence-electron chi connectivity index (χ0n) is 14.3. The number of methoxy groups -OCH3 is 2. The maximum absolute atomic E-state index is 12.6. The number of hydrogen-bond donors (Lipinski definition) is 1. The van der Waals surface area contributed by atoms with Gasteiger partial charge in [0, 0.05) is 4.88 Å². The summed E-state index contributed by atoms with van der Waals surface area (Å²) in [5.74, 6) is 0.607. The second-order valence-electron chi connectivity index (χ2n) is 5.29. The summed E-state index contributed by atoms with van der Waals surface area (Å²) in [5.41, 5.74) is 0.351. The Hall–Kier alpha value is -2.64. The summed E-state index contributed by atoms with van der Waals surface area (Å²) in [7, 11) is 3.01. The van der Waals surface area contributed by atoms with Gasteiger partial charge in [-0.3, -0.25) is 9.59 Å². The molecule has 1 amide bonds. The van der Waals surface area contributed by atoms with Crippen molar-refractivity contribution in [2.75, 3.05) is 14.2 Å². The molecule has 0 atom stereocenters. The van der Waals surface area contributed by atoms with Crippen LogP contribution in [0.25, 0.3) is 0 Å². The summed E-state index contributed by atoms with van der Waals surface area (Å²) in [6.07, 6.45) is 0. The molecule has 5 nitrogen and oxygen atoms in total. The van der Waals surface area contributed by atoms with Crippen molar-refractivity contribution in [3.8, 4) is 11.5 Å². The highest BCUT2D eigenvalue weighted by Gasteiger charge is 2.18. The van der Waals surface area contributed by atoms with Crippen LogP contribution in [-0.2, 0) is 6.54 Å². The van der Waals surface area contributed by atoms with Gasteiger partial charge in [0.2, 0.25) is 5.78 Å². The van der Waals surface area contributed by atoms with Gasteiger partial charge in [-0.05, 0) is 35.7 Å². The molecule has 2 heterocycles. The molecule has 0 saturated carbocycles. The Morgan fingerprint density at radius 1 is 0.962 bits per heavy atom. The van der Waals surface area contributed by atoms with Crippen LogP contribution in [0.4, 0.5) is 0 Å². The molecule has 0 bridgehead atoms. The average Bonchev–Trinajstić information content (AvgIpc) is 3.36. The third-order valence-electron chi connectivity index (χ3n) is 3.71. The molecule has 0 aliphatic carbocycles. The maximum Gasteiger partial charge on any atom is 0.259 e. The topological polar surface area (TPSA) is 64.6 Å². The predicted molar refractivity (Wildman–Crippen MR) is 103 cm³/mol. The Morgan fingerprint density at radius 3 is 2.31 bits per heavy atom. The Balaban J connectivity index is 1.70. The summed E-state index contributed by atoms with van der Waals surface area (Å²) in [5, 5.41) is 4.73. The van der Waals surface area contributed by atoms with E-state index < -0.39 is 0 Å². The van der Waals surface area contributed by atoms with E-state index in [0.29, 0.717) is 33.4 Å². The van der Waals surface area contributed by atoms with Crippen LogP contribution in [0.5, 0.6) is 11.5 Å². The lowest BCUT2D eigenvalue weighted by molar-refractivity contribution is 0.0944. The van der Waals surface area contributed by atoms with Gasteiger partial charge in [-0.2, -0.15) is 0 Å². The lowest BCUT2D eigenvalue weighted by Crippen LogP contribution is -2.23. The van der Waals surface area contributed by atoms with Crippen molar-refractivity contribution in [1.82, 2.24) is 5.32 Å².